The Kier molecular flexibility index (Phi) is 7.14. The van der Waals surface area contributed by atoms with E-state index in [1.807, 2.05) is 6.92 Å². The fourth-order valence-corrected chi connectivity index (χ4v) is 3.58. The smallest absolute Gasteiger partial charge is 0.237 e. The number of carbonyl (C=O) groups excluding carboxylic acids is 1. The summed E-state index contributed by atoms with van der Waals surface area (Å²) in [6.45, 7) is 13.1. The van der Waals surface area contributed by atoms with Gasteiger partial charge in [-0.1, -0.05) is 13.8 Å². The summed E-state index contributed by atoms with van der Waals surface area (Å²) in [5.74, 6) is 0.503. The summed E-state index contributed by atoms with van der Waals surface area (Å²) in [6.07, 6.45) is 5.68. The third kappa shape index (κ3) is 5.59. The molecule has 1 aliphatic heterocycles. The number of likely N-dealkylation sites (tertiary alicyclic amines) is 1. The monoisotopic (exact) mass is 297 g/mol. The van der Waals surface area contributed by atoms with Crippen LogP contribution in [0.4, 0.5) is 0 Å². The second kappa shape index (κ2) is 8.14. The molecule has 2 unspecified atom stereocenters. The average Bonchev–Trinajstić information content (AvgIpc) is 2.82. The van der Waals surface area contributed by atoms with Crippen molar-refractivity contribution in [2.75, 3.05) is 13.1 Å². The summed E-state index contributed by atoms with van der Waals surface area (Å²) in [4.78, 5) is 14.3. The Morgan fingerprint density at radius 3 is 2.52 bits per heavy atom. The first-order chi connectivity index (χ1) is 9.76. The molecule has 21 heavy (non-hydrogen) atoms. The van der Waals surface area contributed by atoms with Crippen molar-refractivity contribution >= 4 is 5.91 Å². The Hall–Kier alpha value is -0.610. The van der Waals surface area contributed by atoms with Gasteiger partial charge in [0.15, 0.2) is 0 Å². The molecule has 0 aromatic rings. The molecule has 1 fully saturated rings. The van der Waals surface area contributed by atoms with Gasteiger partial charge in [-0.2, -0.15) is 0 Å². The summed E-state index contributed by atoms with van der Waals surface area (Å²) in [6, 6.07) is 1.02. The molecule has 0 saturated carbocycles. The molecule has 0 radical (unpaired) electrons. The first-order valence-electron chi connectivity index (χ1n) is 8.58. The van der Waals surface area contributed by atoms with Crippen LogP contribution in [0.15, 0.2) is 0 Å². The van der Waals surface area contributed by atoms with Crippen molar-refractivity contribution in [3.63, 3.8) is 0 Å². The highest BCUT2D eigenvalue weighted by Gasteiger charge is 2.31. The van der Waals surface area contributed by atoms with E-state index in [2.05, 4.69) is 37.9 Å². The van der Waals surface area contributed by atoms with E-state index in [0.717, 1.165) is 37.8 Å². The molecule has 0 aromatic heterocycles. The molecule has 1 amide bonds. The Morgan fingerprint density at radius 1 is 1.33 bits per heavy atom. The van der Waals surface area contributed by atoms with Crippen LogP contribution in [0, 0.1) is 5.92 Å². The molecule has 124 valence electrons. The first kappa shape index (κ1) is 18.4. The predicted molar refractivity (Wildman–Crippen MR) is 89.2 cm³/mol. The molecule has 0 aromatic carbocycles. The van der Waals surface area contributed by atoms with Gasteiger partial charge in [-0.3, -0.25) is 4.79 Å². The van der Waals surface area contributed by atoms with Crippen LogP contribution < -0.4 is 11.1 Å². The van der Waals surface area contributed by atoms with E-state index in [1.54, 1.807) is 0 Å². The number of nitrogens with one attached hydrogen (secondary N) is 1. The molecule has 0 bridgehead atoms. The van der Waals surface area contributed by atoms with Crippen LogP contribution in [0.1, 0.15) is 66.7 Å². The second-order valence-electron chi connectivity index (χ2n) is 7.44. The summed E-state index contributed by atoms with van der Waals surface area (Å²) < 4.78 is 0. The zero-order chi connectivity index (χ0) is 16.0. The van der Waals surface area contributed by atoms with Crippen molar-refractivity contribution in [1.82, 2.24) is 10.2 Å². The molecular formula is C17H35N3O. The van der Waals surface area contributed by atoms with Gasteiger partial charge in [0.2, 0.25) is 5.91 Å². The summed E-state index contributed by atoms with van der Waals surface area (Å²) in [5.41, 5.74) is 5.00. The molecular weight excluding hydrogens is 262 g/mol. The van der Waals surface area contributed by atoms with E-state index < -0.39 is 5.54 Å². The minimum Gasteiger partial charge on any atom is -0.368 e. The SMILES string of the molecule is CC(C)NC(C)(CCCCN1CCCC1C(C)C)C(N)=O. The van der Waals surface area contributed by atoms with E-state index in [4.69, 9.17) is 5.73 Å². The zero-order valence-electron chi connectivity index (χ0n) is 14.6. The maximum absolute atomic E-state index is 11.7. The van der Waals surface area contributed by atoms with Crippen molar-refractivity contribution in [3.05, 3.63) is 0 Å². The van der Waals surface area contributed by atoms with Crippen molar-refractivity contribution in [2.45, 2.75) is 84.3 Å². The van der Waals surface area contributed by atoms with Crippen LogP contribution in [-0.4, -0.2) is 41.5 Å². The largest absolute Gasteiger partial charge is 0.368 e. The zero-order valence-corrected chi connectivity index (χ0v) is 14.6. The number of unbranched alkanes of at least 4 members (excludes halogenated alkanes) is 1. The lowest BCUT2D eigenvalue weighted by atomic mass is 9.93. The highest BCUT2D eigenvalue weighted by atomic mass is 16.1. The van der Waals surface area contributed by atoms with E-state index in [9.17, 15) is 4.79 Å². The standard InChI is InChI=1S/C17H35N3O/c1-13(2)15-9-8-12-20(15)11-7-6-10-17(5,16(18)21)19-14(3)4/h13-15,19H,6-12H2,1-5H3,(H2,18,21). The normalized spacial score (nSPS) is 22.9. The van der Waals surface area contributed by atoms with Gasteiger partial charge in [0.05, 0.1) is 5.54 Å². The van der Waals surface area contributed by atoms with Crippen LogP contribution >= 0.6 is 0 Å². The lowest BCUT2D eigenvalue weighted by Crippen LogP contribution is -2.55. The minimum atomic E-state index is -0.573. The van der Waals surface area contributed by atoms with Gasteiger partial charge < -0.3 is 16.0 Å². The molecule has 0 spiro atoms. The number of nitrogens with two attached hydrogens (primary N) is 1. The quantitative estimate of drug-likeness (QED) is 0.643. The molecule has 1 saturated heterocycles. The average molecular weight is 297 g/mol. The molecule has 3 N–H and O–H groups in total. The maximum atomic E-state index is 11.7. The fourth-order valence-electron chi connectivity index (χ4n) is 3.58. The number of hydrogen-bond acceptors (Lipinski definition) is 3. The number of amides is 1. The highest BCUT2D eigenvalue weighted by molar-refractivity contribution is 5.84. The van der Waals surface area contributed by atoms with Crippen LogP contribution in [0.25, 0.3) is 0 Å². The number of rotatable bonds is 9. The maximum Gasteiger partial charge on any atom is 0.237 e. The predicted octanol–water partition coefficient (Wildman–Crippen LogP) is 2.52. The van der Waals surface area contributed by atoms with Gasteiger partial charge in [-0.15, -0.1) is 0 Å². The topological polar surface area (TPSA) is 58.4 Å². The van der Waals surface area contributed by atoms with Crippen LogP contribution in [-0.2, 0) is 4.79 Å². The Bertz CT molecular complexity index is 330. The van der Waals surface area contributed by atoms with Gasteiger partial charge in [0.25, 0.3) is 0 Å². The van der Waals surface area contributed by atoms with Gasteiger partial charge in [0.1, 0.15) is 0 Å². The number of hydrogen-bond donors (Lipinski definition) is 2. The van der Waals surface area contributed by atoms with Crippen molar-refractivity contribution < 1.29 is 4.79 Å². The molecule has 2 atom stereocenters. The van der Waals surface area contributed by atoms with Crippen LogP contribution in [0.2, 0.25) is 0 Å². The fraction of sp³-hybridized carbons (Fsp3) is 0.941. The second-order valence-corrected chi connectivity index (χ2v) is 7.44. The van der Waals surface area contributed by atoms with Gasteiger partial charge in [0, 0.05) is 12.1 Å². The molecule has 1 rings (SSSR count). The third-order valence-electron chi connectivity index (χ3n) is 4.71. The minimum absolute atomic E-state index is 0.238. The third-order valence-corrected chi connectivity index (χ3v) is 4.71. The van der Waals surface area contributed by atoms with E-state index >= 15 is 0 Å². The molecule has 4 nitrogen and oxygen atoms in total. The Labute approximate surface area is 130 Å². The number of nitrogens with zero attached hydrogens (tertiary/aromatic N) is 1. The van der Waals surface area contributed by atoms with Crippen molar-refractivity contribution in [1.29, 1.82) is 0 Å². The molecule has 1 heterocycles. The first-order valence-corrected chi connectivity index (χ1v) is 8.58. The lowest BCUT2D eigenvalue weighted by Gasteiger charge is -2.31. The van der Waals surface area contributed by atoms with Gasteiger partial charge in [-0.25, -0.2) is 0 Å². The van der Waals surface area contributed by atoms with Gasteiger partial charge in [-0.05, 0) is 71.9 Å². The van der Waals surface area contributed by atoms with E-state index in [-0.39, 0.29) is 11.9 Å². The lowest BCUT2D eigenvalue weighted by molar-refractivity contribution is -0.124. The summed E-state index contributed by atoms with van der Waals surface area (Å²) >= 11 is 0. The molecule has 4 heteroatoms. The number of carbonyl (C=O) groups is 1. The Balaban J connectivity index is 2.36. The van der Waals surface area contributed by atoms with Crippen molar-refractivity contribution in [2.24, 2.45) is 11.7 Å². The summed E-state index contributed by atoms with van der Waals surface area (Å²) in [5, 5.41) is 3.32. The number of primary amides is 1. The van der Waals surface area contributed by atoms with E-state index in [0.29, 0.717) is 0 Å². The van der Waals surface area contributed by atoms with Crippen LogP contribution in [0.3, 0.4) is 0 Å². The Morgan fingerprint density at radius 2 is 2.00 bits per heavy atom. The van der Waals surface area contributed by atoms with Gasteiger partial charge >= 0.3 is 0 Å². The molecule has 0 aliphatic carbocycles. The summed E-state index contributed by atoms with van der Waals surface area (Å²) in [7, 11) is 0. The van der Waals surface area contributed by atoms with E-state index in [1.165, 1.54) is 19.4 Å². The van der Waals surface area contributed by atoms with Crippen molar-refractivity contribution in [3.8, 4) is 0 Å². The molecule has 1 aliphatic rings. The van der Waals surface area contributed by atoms with Crippen LogP contribution in [0.5, 0.6) is 0 Å². The highest BCUT2D eigenvalue weighted by Crippen LogP contribution is 2.24.